The molecule has 0 aliphatic carbocycles. The van der Waals surface area contributed by atoms with Gasteiger partial charge in [0.25, 0.3) is 5.91 Å². The first-order valence-corrected chi connectivity index (χ1v) is 9.36. The summed E-state index contributed by atoms with van der Waals surface area (Å²) in [6.07, 6.45) is 4.47. The van der Waals surface area contributed by atoms with E-state index in [-0.39, 0.29) is 17.7 Å². The molecular weight excluding hydrogens is 352 g/mol. The van der Waals surface area contributed by atoms with E-state index in [1.807, 2.05) is 65.4 Å². The molecule has 2 amide bonds. The van der Waals surface area contributed by atoms with Crippen LogP contribution in [0.25, 0.3) is 16.9 Å². The number of nitrogens with one attached hydrogen (secondary N) is 1. The lowest BCUT2D eigenvalue weighted by molar-refractivity contribution is -0.124. The van der Waals surface area contributed by atoms with Gasteiger partial charge in [0, 0.05) is 43.1 Å². The first-order valence-electron chi connectivity index (χ1n) is 9.36. The van der Waals surface area contributed by atoms with Gasteiger partial charge in [-0.15, -0.1) is 0 Å². The molecule has 6 heteroatoms. The van der Waals surface area contributed by atoms with Gasteiger partial charge in [0.1, 0.15) is 0 Å². The van der Waals surface area contributed by atoms with Gasteiger partial charge in [-0.25, -0.2) is 4.98 Å². The summed E-state index contributed by atoms with van der Waals surface area (Å²) in [6, 6.07) is 17.5. The third kappa shape index (κ3) is 3.53. The Kier molecular flexibility index (Phi) is 4.93. The molecule has 1 aliphatic heterocycles. The van der Waals surface area contributed by atoms with Crippen LogP contribution < -0.4 is 5.32 Å². The topological polar surface area (TPSA) is 67.2 Å². The number of carbonyl (C=O) groups excluding carboxylic acids is 2. The summed E-state index contributed by atoms with van der Waals surface area (Å²) in [7, 11) is 1.63. The minimum atomic E-state index is -0.116. The van der Waals surface area contributed by atoms with Crippen LogP contribution in [0.3, 0.4) is 0 Å². The van der Waals surface area contributed by atoms with Gasteiger partial charge in [0.15, 0.2) is 0 Å². The molecular formula is C22H22N4O2. The largest absolute Gasteiger partial charge is 0.359 e. The lowest BCUT2D eigenvalue weighted by Gasteiger charge is -2.16. The van der Waals surface area contributed by atoms with Crippen LogP contribution in [0.1, 0.15) is 16.8 Å². The van der Waals surface area contributed by atoms with Crippen LogP contribution >= 0.6 is 0 Å². The number of likely N-dealkylation sites (tertiary alicyclic amines) is 1. The van der Waals surface area contributed by atoms with Gasteiger partial charge in [0.05, 0.1) is 17.9 Å². The van der Waals surface area contributed by atoms with E-state index in [2.05, 4.69) is 10.3 Å². The van der Waals surface area contributed by atoms with Crippen molar-refractivity contribution >= 4 is 11.8 Å². The fourth-order valence-corrected chi connectivity index (χ4v) is 3.54. The third-order valence-electron chi connectivity index (χ3n) is 5.16. The van der Waals surface area contributed by atoms with Gasteiger partial charge < -0.3 is 14.8 Å². The van der Waals surface area contributed by atoms with Crippen molar-refractivity contribution in [2.45, 2.75) is 6.42 Å². The van der Waals surface area contributed by atoms with Crippen molar-refractivity contribution in [1.82, 2.24) is 19.8 Å². The molecule has 0 saturated carbocycles. The van der Waals surface area contributed by atoms with E-state index in [1.54, 1.807) is 18.3 Å². The lowest BCUT2D eigenvalue weighted by Crippen LogP contribution is -2.33. The molecule has 4 rings (SSSR count). The van der Waals surface area contributed by atoms with Crippen molar-refractivity contribution in [2.75, 3.05) is 20.1 Å². The zero-order chi connectivity index (χ0) is 19.5. The fourth-order valence-electron chi connectivity index (χ4n) is 3.54. The Morgan fingerprint density at radius 1 is 1.07 bits per heavy atom. The quantitative estimate of drug-likeness (QED) is 0.764. The molecule has 142 valence electrons. The van der Waals surface area contributed by atoms with Crippen molar-refractivity contribution in [3.63, 3.8) is 0 Å². The zero-order valence-electron chi connectivity index (χ0n) is 15.7. The van der Waals surface area contributed by atoms with Crippen LogP contribution in [0.2, 0.25) is 0 Å². The Morgan fingerprint density at radius 2 is 1.82 bits per heavy atom. The zero-order valence-corrected chi connectivity index (χ0v) is 15.7. The minimum absolute atomic E-state index is 0.000324. The molecule has 1 aromatic heterocycles. The highest BCUT2D eigenvalue weighted by atomic mass is 16.2. The standard InChI is InChI=1S/C22H22N4O2/c1-23-21(27)18-11-12-25(13-18)22(28)17-9-7-16(8-10-17)20-14-26(15-24-20)19-5-3-2-4-6-19/h2-10,14-15,18H,11-13H2,1H3,(H,23,27)/t18-/m1/s1. The number of nitrogens with zero attached hydrogens (tertiary/aromatic N) is 3. The highest BCUT2D eigenvalue weighted by Gasteiger charge is 2.30. The highest BCUT2D eigenvalue weighted by molar-refractivity contribution is 5.95. The maximum absolute atomic E-state index is 12.7. The first-order chi connectivity index (χ1) is 13.7. The molecule has 2 heterocycles. The lowest BCUT2D eigenvalue weighted by atomic mass is 10.1. The highest BCUT2D eigenvalue weighted by Crippen LogP contribution is 2.22. The van der Waals surface area contributed by atoms with Crippen molar-refractivity contribution in [3.05, 3.63) is 72.7 Å². The molecule has 0 unspecified atom stereocenters. The van der Waals surface area contributed by atoms with E-state index in [4.69, 9.17) is 0 Å². The van der Waals surface area contributed by atoms with Gasteiger partial charge >= 0.3 is 0 Å². The van der Waals surface area contributed by atoms with E-state index in [1.165, 1.54) is 0 Å². The number of hydrogen-bond acceptors (Lipinski definition) is 3. The predicted octanol–water partition coefficient (Wildman–Crippen LogP) is 2.75. The molecule has 1 atom stereocenters. The molecule has 0 radical (unpaired) electrons. The molecule has 6 nitrogen and oxygen atoms in total. The Morgan fingerprint density at radius 3 is 2.54 bits per heavy atom. The maximum atomic E-state index is 12.7. The van der Waals surface area contributed by atoms with E-state index >= 15 is 0 Å². The third-order valence-corrected chi connectivity index (χ3v) is 5.16. The van der Waals surface area contributed by atoms with Crippen LogP contribution in [-0.2, 0) is 4.79 Å². The number of imidazole rings is 1. The number of hydrogen-bond donors (Lipinski definition) is 1. The number of amides is 2. The second-order valence-corrected chi connectivity index (χ2v) is 6.93. The molecule has 3 aromatic rings. The Bertz CT molecular complexity index is 979. The molecule has 1 aliphatic rings. The molecule has 1 N–H and O–H groups in total. The van der Waals surface area contributed by atoms with Crippen LogP contribution in [0.15, 0.2) is 67.1 Å². The van der Waals surface area contributed by atoms with Gasteiger partial charge in [-0.1, -0.05) is 30.3 Å². The van der Waals surface area contributed by atoms with Crippen molar-refractivity contribution < 1.29 is 9.59 Å². The van der Waals surface area contributed by atoms with Crippen molar-refractivity contribution in [2.24, 2.45) is 5.92 Å². The fraction of sp³-hybridized carbons (Fsp3) is 0.227. The van der Waals surface area contributed by atoms with Gasteiger partial charge in [0.2, 0.25) is 5.91 Å². The number of benzene rings is 2. The summed E-state index contributed by atoms with van der Waals surface area (Å²) in [5, 5.41) is 2.66. The summed E-state index contributed by atoms with van der Waals surface area (Å²) in [4.78, 5) is 30.7. The second kappa shape index (κ2) is 7.68. The monoisotopic (exact) mass is 374 g/mol. The Labute approximate surface area is 163 Å². The SMILES string of the molecule is CNC(=O)[C@@H]1CCN(C(=O)c2ccc(-c3cn(-c4ccccc4)cn3)cc2)C1. The normalized spacial score (nSPS) is 16.2. The molecule has 0 bridgehead atoms. The molecule has 0 spiro atoms. The van der Waals surface area contributed by atoms with E-state index in [0.29, 0.717) is 25.1 Å². The van der Waals surface area contributed by atoms with Gasteiger partial charge in [-0.2, -0.15) is 0 Å². The Hall–Kier alpha value is -3.41. The molecule has 1 saturated heterocycles. The van der Waals surface area contributed by atoms with E-state index in [9.17, 15) is 9.59 Å². The number of aromatic nitrogens is 2. The summed E-state index contributed by atoms with van der Waals surface area (Å²) in [5.41, 5.74) is 3.48. The second-order valence-electron chi connectivity index (χ2n) is 6.93. The summed E-state index contributed by atoms with van der Waals surface area (Å²) >= 11 is 0. The number of carbonyl (C=O) groups is 2. The van der Waals surface area contributed by atoms with Crippen LogP contribution in [0.4, 0.5) is 0 Å². The van der Waals surface area contributed by atoms with Crippen molar-refractivity contribution in [3.8, 4) is 16.9 Å². The molecule has 28 heavy (non-hydrogen) atoms. The van der Waals surface area contributed by atoms with Crippen LogP contribution in [0, 0.1) is 5.92 Å². The first kappa shape index (κ1) is 18.0. The summed E-state index contributed by atoms with van der Waals surface area (Å²) in [6.45, 7) is 1.09. The van der Waals surface area contributed by atoms with E-state index in [0.717, 1.165) is 16.9 Å². The van der Waals surface area contributed by atoms with Gasteiger partial charge in [-0.3, -0.25) is 9.59 Å². The summed E-state index contributed by atoms with van der Waals surface area (Å²) < 4.78 is 1.97. The summed E-state index contributed by atoms with van der Waals surface area (Å²) in [5.74, 6) is -0.150. The average molecular weight is 374 g/mol. The molecule has 2 aromatic carbocycles. The average Bonchev–Trinajstić information content (AvgIpc) is 3.44. The number of para-hydroxylation sites is 1. The van der Waals surface area contributed by atoms with E-state index < -0.39 is 0 Å². The van der Waals surface area contributed by atoms with Crippen LogP contribution in [0.5, 0.6) is 0 Å². The molecule has 1 fully saturated rings. The van der Waals surface area contributed by atoms with Crippen molar-refractivity contribution in [1.29, 1.82) is 0 Å². The minimum Gasteiger partial charge on any atom is -0.359 e. The Balaban J connectivity index is 1.47. The number of rotatable bonds is 4. The maximum Gasteiger partial charge on any atom is 0.253 e. The predicted molar refractivity (Wildman–Crippen MR) is 107 cm³/mol. The smallest absolute Gasteiger partial charge is 0.253 e. The van der Waals surface area contributed by atoms with Gasteiger partial charge in [-0.05, 0) is 30.7 Å². The van der Waals surface area contributed by atoms with Crippen LogP contribution in [-0.4, -0.2) is 46.4 Å².